The average molecular weight is 735 g/mol. The van der Waals surface area contributed by atoms with Gasteiger partial charge in [0.2, 0.25) is 11.8 Å². The molecule has 0 radical (unpaired) electrons. The Morgan fingerprint density at radius 2 is 1.52 bits per heavy atom. The number of likely N-dealkylation sites (tertiary alicyclic amines) is 1. The maximum absolute atomic E-state index is 12.6. The van der Waals surface area contributed by atoms with Crippen LogP contribution in [0.1, 0.15) is 73.2 Å². The summed E-state index contributed by atoms with van der Waals surface area (Å²) in [6.45, 7) is 4.25. The van der Waals surface area contributed by atoms with Crippen molar-refractivity contribution in [1.29, 1.82) is 0 Å². The van der Waals surface area contributed by atoms with Crippen LogP contribution in [0.25, 0.3) is 11.1 Å². The molecule has 3 heterocycles. The molecule has 11 nitrogen and oxygen atoms in total. The van der Waals surface area contributed by atoms with E-state index in [-0.39, 0.29) is 43.5 Å². The molecule has 284 valence electrons. The lowest BCUT2D eigenvalue weighted by molar-refractivity contribution is -0.255. The molecule has 3 fully saturated rings. The number of benzene rings is 4. The predicted molar refractivity (Wildman–Crippen MR) is 206 cm³/mol. The van der Waals surface area contributed by atoms with Crippen LogP contribution in [0.15, 0.2) is 97.1 Å². The molecule has 3 aliphatic heterocycles. The highest BCUT2D eigenvalue weighted by molar-refractivity contribution is 5.94. The van der Waals surface area contributed by atoms with E-state index >= 15 is 0 Å². The van der Waals surface area contributed by atoms with Crippen molar-refractivity contribution in [3.8, 4) is 11.1 Å². The Hall–Kier alpha value is -4.62. The number of nitrogens with one attached hydrogen (secondary N) is 2. The van der Waals surface area contributed by atoms with Gasteiger partial charge < -0.3 is 45.3 Å². The van der Waals surface area contributed by atoms with Gasteiger partial charge >= 0.3 is 0 Å². The first-order chi connectivity index (χ1) is 26.3. The Kier molecular flexibility index (Phi) is 12.3. The van der Waals surface area contributed by atoms with Crippen LogP contribution in [0.4, 0.5) is 11.4 Å². The molecular weight excluding hydrogens is 684 g/mol. The quantitative estimate of drug-likeness (QED) is 0.117. The zero-order chi connectivity index (χ0) is 37.3. The molecule has 4 aromatic rings. The van der Waals surface area contributed by atoms with Gasteiger partial charge in [-0.1, -0.05) is 72.8 Å². The SMILES string of the molecule is Nc1ccccc1NC(=O)CCCC(=O)NCc1cccc(-c2cccc(C3OC(CN4CCC5(CC4)OCCO5)CC(c4ccc(CO)cc4)O3)c2)c1. The molecular formula is C43H50N4O7. The number of para-hydroxylation sites is 2. The van der Waals surface area contributed by atoms with E-state index in [1.807, 2.05) is 60.7 Å². The number of carbonyl (C=O) groups excluding carboxylic acids is 2. The van der Waals surface area contributed by atoms with Gasteiger partial charge in [-0.15, -0.1) is 0 Å². The molecule has 7 rings (SSSR count). The number of piperidine rings is 1. The number of amides is 2. The summed E-state index contributed by atoms with van der Waals surface area (Å²) in [5.41, 5.74) is 12.8. The largest absolute Gasteiger partial charge is 0.397 e. The summed E-state index contributed by atoms with van der Waals surface area (Å²) in [4.78, 5) is 27.4. The van der Waals surface area contributed by atoms with Crippen LogP contribution in [0.3, 0.4) is 0 Å². The fourth-order valence-corrected chi connectivity index (χ4v) is 7.43. The predicted octanol–water partition coefficient (Wildman–Crippen LogP) is 6.24. The van der Waals surface area contributed by atoms with E-state index in [2.05, 4.69) is 39.8 Å². The van der Waals surface area contributed by atoms with E-state index in [9.17, 15) is 14.7 Å². The van der Waals surface area contributed by atoms with Gasteiger partial charge in [0.25, 0.3) is 0 Å². The van der Waals surface area contributed by atoms with Gasteiger partial charge in [0, 0.05) is 63.8 Å². The van der Waals surface area contributed by atoms with Crippen LogP contribution in [-0.4, -0.2) is 66.6 Å². The second-order valence-corrected chi connectivity index (χ2v) is 14.3. The maximum Gasteiger partial charge on any atom is 0.224 e. The minimum atomic E-state index is -0.571. The number of rotatable bonds is 13. The third-order valence-corrected chi connectivity index (χ3v) is 10.5. The summed E-state index contributed by atoms with van der Waals surface area (Å²) in [5, 5.41) is 15.4. The number of nitrogens with zero attached hydrogens (tertiary/aromatic N) is 1. The lowest BCUT2D eigenvalue weighted by Gasteiger charge is -2.41. The van der Waals surface area contributed by atoms with E-state index in [0.29, 0.717) is 44.0 Å². The Morgan fingerprint density at radius 1 is 0.796 bits per heavy atom. The third kappa shape index (κ3) is 9.72. The molecule has 3 aliphatic rings. The number of hydrogen-bond acceptors (Lipinski definition) is 9. The van der Waals surface area contributed by atoms with Crippen molar-refractivity contribution in [2.45, 2.75) is 76.0 Å². The lowest BCUT2D eigenvalue weighted by atomic mass is 9.97. The fraction of sp³-hybridized carbons (Fsp3) is 0.395. The van der Waals surface area contributed by atoms with Crippen LogP contribution < -0.4 is 16.4 Å². The van der Waals surface area contributed by atoms with Crippen LogP contribution in [-0.2, 0) is 41.7 Å². The van der Waals surface area contributed by atoms with Crippen molar-refractivity contribution in [1.82, 2.24) is 10.2 Å². The van der Waals surface area contributed by atoms with Gasteiger partial charge in [-0.05, 0) is 58.5 Å². The molecule has 0 aromatic heterocycles. The number of nitrogen functional groups attached to an aromatic ring is 1. The second kappa shape index (κ2) is 17.7. The smallest absolute Gasteiger partial charge is 0.224 e. The minimum Gasteiger partial charge on any atom is -0.397 e. The highest BCUT2D eigenvalue weighted by Crippen LogP contribution is 2.40. The van der Waals surface area contributed by atoms with Crippen molar-refractivity contribution < 1.29 is 33.6 Å². The topological polar surface area (TPSA) is 145 Å². The van der Waals surface area contributed by atoms with Crippen molar-refractivity contribution >= 4 is 23.2 Å². The average Bonchev–Trinajstić information content (AvgIpc) is 3.67. The highest BCUT2D eigenvalue weighted by atomic mass is 16.7. The molecule has 2 amide bonds. The van der Waals surface area contributed by atoms with Crippen molar-refractivity contribution in [3.63, 3.8) is 0 Å². The second-order valence-electron chi connectivity index (χ2n) is 14.3. The van der Waals surface area contributed by atoms with Gasteiger partial charge in [0.15, 0.2) is 12.1 Å². The molecule has 3 atom stereocenters. The molecule has 4 aromatic carbocycles. The minimum absolute atomic E-state index is 0.00336. The summed E-state index contributed by atoms with van der Waals surface area (Å²) < 4.78 is 25.3. The molecule has 5 N–H and O–H groups in total. The number of ether oxygens (including phenoxy) is 4. The number of nitrogens with two attached hydrogens (primary N) is 1. The van der Waals surface area contributed by atoms with E-state index in [0.717, 1.165) is 65.9 Å². The first-order valence-corrected chi connectivity index (χ1v) is 19.0. The molecule has 0 aliphatic carbocycles. The molecule has 3 unspecified atom stereocenters. The standard InChI is InChI=1S/C43H50N4O7/c44-37-10-1-2-11-38(37)46-41(50)13-5-12-40(49)45-27-31-6-3-7-33(24-31)34-8-4-9-35(25-34)42-53-36(26-39(54-42)32-16-14-30(29-48)15-17-32)28-47-20-18-43(19-21-47)51-22-23-52-43/h1-4,6-11,14-17,24-25,36,39,42,48H,5,12-13,18-23,26-29,44H2,(H,45,49)(H,46,50). The molecule has 0 saturated carbocycles. The van der Waals surface area contributed by atoms with Crippen molar-refractivity contribution in [2.24, 2.45) is 0 Å². The first kappa shape index (κ1) is 37.7. The Bertz CT molecular complexity index is 1870. The van der Waals surface area contributed by atoms with Crippen LogP contribution >= 0.6 is 0 Å². The Labute approximate surface area is 316 Å². The van der Waals surface area contributed by atoms with E-state index in [4.69, 9.17) is 24.7 Å². The normalized spacial score (nSPS) is 21.2. The first-order valence-electron chi connectivity index (χ1n) is 19.0. The monoisotopic (exact) mass is 734 g/mol. The van der Waals surface area contributed by atoms with Gasteiger partial charge in [0.1, 0.15) is 0 Å². The zero-order valence-corrected chi connectivity index (χ0v) is 30.6. The van der Waals surface area contributed by atoms with E-state index in [1.165, 1.54) is 0 Å². The molecule has 3 saturated heterocycles. The Morgan fingerprint density at radius 3 is 2.28 bits per heavy atom. The van der Waals surface area contributed by atoms with E-state index < -0.39 is 12.1 Å². The zero-order valence-electron chi connectivity index (χ0n) is 30.6. The van der Waals surface area contributed by atoms with Gasteiger partial charge in [-0.3, -0.25) is 9.59 Å². The van der Waals surface area contributed by atoms with Gasteiger partial charge in [-0.2, -0.15) is 0 Å². The third-order valence-electron chi connectivity index (χ3n) is 10.5. The number of carbonyl (C=O) groups is 2. The molecule has 0 bridgehead atoms. The molecule has 54 heavy (non-hydrogen) atoms. The summed E-state index contributed by atoms with van der Waals surface area (Å²) >= 11 is 0. The van der Waals surface area contributed by atoms with Crippen LogP contribution in [0, 0.1) is 0 Å². The van der Waals surface area contributed by atoms with Crippen LogP contribution in [0.5, 0.6) is 0 Å². The number of aliphatic hydroxyl groups is 1. The lowest BCUT2D eigenvalue weighted by Crippen LogP contribution is -2.48. The summed E-state index contributed by atoms with van der Waals surface area (Å²) in [5.74, 6) is -0.707. The highest BCUT2D eigenvalue weighted by Gasteiger charge is 2.41. The van der Waals surface area contributed by atoms with Gasteiger partial charge in [0.05, 0.1) is 43.4 Å². The maximum atomic E-state index is 12.6. The fourth-order valence-electron chi connectivity index (χ4n) is 7.43. The Balaban J connectivity index is 0.970. The number of anilines is 2. The summed E-state index contributed by atoms with van der Waals surface area (Å²) in [6.07, 6.45) is 2.51. The summed E-state index contributed by atoms with van der Waals surface area (Å²) in [6, 6.07) is 31.4. The van der Waals surface area contributed by atoms with E-state index in [1.54, 1.807) is 12.1 Å². The number of aliphatic hydroxyl groups excluding tert-OH is 1. The van der Waals surface area contributed by atoms with Crippen molar-refractivity contribution in [2.75, 3.05) is 43.9 Å². The van der Waals surface area contributed by atoms with Gasteiger partial charge in [-0.25, -0.2) is 0 Å². The molecule has 11 heteroatoms. The summed E-state index contributed by atoms with van der Waals surface area (Å²) in [7, 11) is 0. The molecule has 1 spiro atoms. The van der Waals surface area contributed by atoms with Crippen molar-refractivity contribution in [3.05, 3.63) is 119 Å². The van der Waals surface area contributed by atoms with Crippen LogP contribution in [0.2, 0.25) is 0 Å². The number of hydrogen-bond donors (Lipinski definition) is 4.